The Balaban J connectivity index is 1.99. The number of aromatic nitrogens is 3. The van der Waals surface area contributed by atoms with Crippen LogP contribution >= 0.6 is 11.8 Å². The molecule has 2 aromatic rings. The number of amides is 1. The van der Waals surface area contributed by atoms with Gasteiger partial charge in [-0.1, -0.05) is 43.0 Å². The van der Waals surface area contributed by atoms with Crippen molar-refractivity contribution < 1.29 is 4.79 Å². The van der Waals surface area contributed by atoms with Gasteiger partial charge in [0.2, 0.25) is 11.1 Å². The molecule has 6 heteroatoms. The number of aromatic amines is 1. The lowest BCUT2D eigenvalue weighted by Crippen LogP contribution is -2.43. The minimum absolute atomic E-state index is 0.114. The van der Waals surface area contributed by atoms with Crippen LogP contribution in [0.4, 0.5) is 0 Å². The molecule has 0 fully saturated rings. The van der Waals surface area contributed by atoms with E-state index in [9.17, 15) is 4.79 Å². The smallest absolute Gasteiger partial charge is 0.233 e. The van der Waals surface area contributed by atoms with E-state index in [1.54, 1.807) is 0 Å². The third-order valence-corrected chi connectivity index (χ3v) is 4.66. The second-order valence-corrected chi connectivity index (χ2v) is 7.24. The van der Waals surface area contributed by atoms with Crippen LogP contribution in [0.5, 0.6) is 0 Å². The van der Waals surface area contributed by atoms with Crippen molar-refractivity contribution in [1.82, 2.24) is 20.1 Å². The van der Waals surface area contributed by atoms with Crippen LogP contribution in [0.3, 0.4) is 0 Å². The maximum Gasteiger partial charge on any atom is 0.233 e. The van der Waals surface area contributed by atoms with Crippen LogP contribution in [0.1, 0.15) is 40.2 Å². The molecule has 5 nitrogen and oxygen atoms in total. The third kappa shape index (κ3) is 4.60. The molecule has 1 N–H and O–H groups in total. The van der Waals surface area contributed by atoms with Crippen molar-refractivity contribution in [3.8, 4) is 11.4 Å². The fourth-order valence-electron chi connectivity index (χ4n) is 2.71. The molecule has 1 heterocycles. The van der Waals surface area contributed by atoms with Gasteiger partial charge in [0.1, 0.15) is 0 Å². The molecule has 24 heavy (non-hydrogen) atoms. The van der Waals surface area contributed by atoms with Gasteiger partial charge in [-0.2, -0.15) is 0 Å². The summed E-state index contributed by atoms with van der Waals surface area (Å²) in [6.45, 7) is 10.3. The van der Waals surface area contributed by atoms with Crippen molar-refractivity contribution in [1.29, 1.82) is 0 Å². The first kappa shape index (κ1) is 18.5. The lowest BCUT2D eigenvalue weighted by Gasteiger charge is -2.30. The minimum atomic E-state index is 0.114. The first-order valence-electron chi connectivity index (χ1n) is 8.38. The predicted octanol–water partition coefficient (Wildman–Crippen LogP) is 3.77. The lowest BCUT2D eigenvalue weighted by molar-refractivity contribution is -0.131. The maximum absolute atomic E-state index is 12.4. The number of thioether (sulfide) groups is 1. The monoisotopic (exact) mass is 346 g/mol. The van der Waals surface area contributed by atoms with Gasteiger partial charge >= 0.3 is 0 Å². The fraction of sp³-hybridized carbons (Fsp3) is 0.500. The SMILES string of the molecule is CCc1ccc(-c2nc(SCC(=O)N(C(C)C)C(C)C)n[nH]2)cc1. The molecule has 2 rings (SSSR count). The molecule has 0 saturated carbocycles. The summed E-state index contributed by atoms with van der Waals surface area (Å²) in [4.78, 5) is 18.8. The highest BCUT2D eigenvalue weighted by Crippen LogP contribution is 2.20. The Labute approximate surface area is 148 Å². The quantitative estimate of drug-likeness (QED) is 0.775. The van der Waals surface area contributed by atoms with Crippen molar-refractivity contribution in [2.45, 2.75) is 58.3 Å². The Morgan fingerprint density at radius 1 is 1.17 bits per heavy atom. The molecule has 0 aliphatic heterocycles. The number of aryl methyl sites for hydroxylation is 1. The molecule has 0 radical (unpaired) electrons. The van der Waals surface area contributed by atoms with E-state index in [0.717, 1.165) is 17.8 Å². The molecule has 0 unspecified atom stereocenters. The van der Waals surface area contributed by atoms with Gasteiger partial charge in [0.05, 0.1) is 5.75 Å². The van der Waals surface area contributed by atoms with E-state index in [0.29, 0.717) is 10.9 Å². The Kier molecular flexibility index (Phi) is 6.43. The second kappa shape index (κ2) is 8.33. The van der Waals surface area contributed by atoms with Gasteiger partial charge in [-0.25, -0.2) is 4.98 Å². The van der Waals surface area contributed by atoms with Gasteiger partial charge in [0.15, 0.2) is 5.82 Å². The van der Waals surface area contributed by atoms with E-state index in [1.165, 1.54) is 17.3 Å². The van der Waals surface area contributed by atoms with E-state index in [2.05, 4.69) is 34.2 Å². The molecule has 0 spiro atoms. The van der Waals surface area contributed by atoms with Crippen LogP contribution in [-0.4, -0.2) is 43.8 Å². The summed E-state index contributed by atoms with van der Waals surface area (Å²) >= 11 is 1.37. The topological polar surface area (TPSA) is 61.9 Å². The number of hydrogen-bond donors (Lipinski definition) is 1. The number of nitrogens with zero attached hydrogens (tertiary/aromatic N) is 3. The van der Waals surface area contributed by atoms with E-state index in [-0.39, 0.29) is 18.0 Å². The molecular formula is C18H26N4OS. The van der Waals surface area contributed by atoms with Gasteiger partial charge in [0, 0.05) is 17.6 Å². The standard InChI is InChI=1S/C18H26N4OS/c1-6-14-7-9-15(10-8-14)17-19-18(21-20-17)24-11-16(23)22(12(2)3)13(4)5/h7-10,12-13H,6,11H2,1-5H3,(H,19,20,21). The Morgan fingerprint density at radius 3 is 2.33 bits per heavy atom. The van der Waals surface area contributed by atoms with Gasteiger partial charge in [-0.15, -0.1) is 5.10 Å². The molecule has 0 atom stereocenters. The summed E-state index contributed by atoms with van der Waals surface area (Å²) in [5.41, 5.74) is 2.30. The van der Waals surface area contributed by atoms with E-state index >= 15 is 0 Å². The van der Waals surface area contributed by atoms with E-state index < -0.39 is 0 Å². The number of hydrogen-bond acceptors (Lipinski definition) is 4. The zero-order valence-electron chi connectivity index (χ0n) is 15.0. The van der Waals surface area contributed by atoms with E-state index in [4.69, 9.17) is 0 Å². The van der Waals surface area contributed by atoms with Gasteiger partial charge in [0.25, 0.3) is 0 Å². The molecule has 0 aliphatic carbocycles. The molecule has 0 aliphatic rings. The predicted molar refractivity (Wildman–Crippen MR) is 99.0 cm³/mol. The molecule has 130 valence electrons. The van der Waals surface area contributed by atoms with Crippen LogP contribution in [0.15, 0.2) is 29.4 Å². The van der Waals surface area contributed by atoms with Crippen molar-refractivity contribution >= 4 is 17.7 Å². The summed E-state index contributed by atoms with van der Waals surface area (Å²) in [7, 11) is 0. The second-order valence-electron chi connectivity index (χ2n) is 6.29. The van der Waals surface area contributed by atoms with Crippen LogP contribution in [0.2, 0.25) is 0 Å². The number of rotatable bonds is 7. The van der Waals surface area contributed by atoms with Crippen LogP contribution < -0.4 is 0 Å². The molecule has 0 bridgehead atoms. The normalized spacial score (nSPS) is 11.3. The zero-order chi connectivity index (χ0) is 17.7. The van der Waals surface area contributed by atoms with E-state index in [1.807, 2.05) is 44.7 Å². The first-order valence-corrected chi connectivity index (χ1v) is 9.36. The summed E-state index contributed by atoms with van der Waals surface area (Å²) in [6.07, 6.45) is 1.02. The van der Waals surface area contributed by atoms with Crippen LogP contribution in [0, 0.1) is 0 Å². The number of carbonyl (C=O) groups is 1. The van der Waals surface area contributed by atoms with Gasteiger partial charge in [-0.05, 0) is 39.7 Å². The number of nitrogens with one attached hydrogen (secondary N) is 1. The molecular weight excluding hydrogens is 320 g/mol. The van der Waals surface area contributed by atoms with Crippen molar-refractivity contribution in [2.24, 2.45) is 0 Å². The Bertz CT molecular complexity index is 656. The highest BCUT2D eigenvalue weighted by Gasteiger charge is 2.20. The van der Waals surface area contributed by atoms with Crippen molar-refractivity contribution in [3.05, 3.63) is 29.8 Å². The first-order chi connectivity index (χ1) is 11.4. The maximum atomic E-state index is 12.4. The average Bonchev–Trinajstić information content (AvgIpc) is 3.01. The Morgan fingerprint density at radius 2 is 1.79 bits per heavy atom. The highest BCUT2D eigenvalue weighted by atomic mass is 32.2. The number of benzene rings is 1. The van der Waals surface area contributed by atoms with Crippen LogP contribution in [-0.2, 0) is 11.2 Å². The van der Waals surface area contributed by atoms with Crippen molar-refractivity contribution in [2.75, 3.05) is 5.75 Å². The van der Waals surface area contributed by atoms with Crippen LogP contribution in [0.25, 0.3) is 11.4 Å². The largest absolute Gasteiger partial charge is 0.337 e. The zero-order valence-corrected chi connectivity index (χ0v) is 15.9. The number of H-pyrrole nitrogens is 1. The summed E-state index contributed by atoms with van der Waals surface area (Å²) in [5.74, 6) is 1.20. The average molecular weight is 346 g/mol. The molecule has 1 amide bonds. The number of carbonyl (C=O) groups excluding carboxylic acids is 1. The summed E-state index contributed by atoms with van der Waals surface area (Å²) < 4.78 is 0. The molecule has 0 saturated heterocycles. The Hall–Kier alpha value is -1.82. The molecule has 1 aromatic carbocycles. The summed E-state index contributed by atoms with van der Waals surface area (Å²) in [5, 5.41) is 7.77. The fourth-order valence-corrected chi connectivity index (χ4v) is 3.38. The highest BCUT2D eigenvalue weighted by molar-refractivity contribution is 7.99. The van der Waals surface area contributed by atoms with Gasteiger partial charge < -0.3 is 4.90 Å². The molecule has 1 aromatic heterocycles. The minimum Gasteiger partial charge on any atom is -0.337 e. The lowest BCUT2D eigenvalue weighted by atomic mass is 10.1. The van der Waals surface area contributed by atoms with Crippen molar-refractivity contribution in [3.63, 3.8) is 0 Å². The third-order valence-electron chi connectivity index (χ3n) is 3.83. The summed E-state index contributed by atoms with van der Waals surface area (Å²) in [6, 6.07) is 8.65. The van der Waals surface area contributed by atoms with Gasteiger partial charge in [-0.3, -0.25) is 9.89 Å².